The van der Waals surface area contributed by atoms with Gasteiger partial charge in [-0.3, -0.25) is 9.48 Å². The summed E-state index contributed by atoms with van der Waals surface area (Å²) in [5.74, 6) is 0.612. The van der Waals surface area contributed by atoms with Crippen molar-refractivity contribution in [2.75, 3.05) is 12.4 Å². The van der Waals surface area contributed by atoms with Crippen LogP contribution in [-0.4, -0.2) is 27.9 Å². The molecule has 0 aliphatic heterocycles. The quantitative estimate of drug-likeness (QED) is 0.884. The van der Waals surface area contributed by atoms with Crippen molar-refractivity contribution in [3.05, 3.63) is 41.6 Å². The molecule has 2 N–H and O–H groups in total. The number of benzene rings is 1. The number of nitrogens with one attached hydrogen (secondary N) is 1. The van der Waals surface area contributed by atoms with E-state index in [2.05, 4.69) is 10.4 Å². The molecule has 2 rings (SSSR count). The molecule has 2 aromatic rings. The first kappa shape index (κ1) is 14.1. The number of aryl methyl sites for hydroxylation is 2. The molecule has 1 unspecified atom stereocenters. The van der Waals surface area contributed by atoms with Gasteiger partial charge in [0.25, 0.3) is 5.91 Å². The van der Waals surface area contributed by atoms with Crippen molar-refractivity contribution in [2.24, 2.45) is 7.05 Å². The standard InChI is InChI=1S/C14H17N3O3/c1-9-7-12(17(2)16-9)15-14(19)13(18)10-5-4-6-11(8-10)20-3/h4-8,13,18H,1-3H3,(H,15,19). The number of carbonyl (C=O) groups is 1. The number of amides is 1. The fourth-order valence-electron chi connectivity index (χ4n) is 1.89. The highest BCUT2D eigenvalue weighted by Crippen LogP contribution is 2.20. The van der Waals surface area contributed by atoms with E-state index in [1.807, 2.05) is 6.92 Å². The number of hydrogen-bond acceptors (Lipinski definition) is 4. The monoisotopic (exact) mass is 275 g/mol. The first-order chi connectivity index (χ1) is 9.51. The maximum atomic E-state index is 12.0. The molecule has 0 saturated heterocycles. The van der Waals surface area contributed by atoms with Crippen LogP contribution in [0.2, 0.25) is 0 Å². The molecule has 0 aliphatic carbocycles. The summed E-state index contributed by atoms with van der Waals surface area (Å²) < 4.78 is 6.62. The number of aromatic nitrogens is 2. The lowest BCUT2D eigenvalue weighted by Crippen LogP contribution is -2.22. The van der Waals surface area contributed by atoms with E-state index < -0.39 is 12.0 Å². The van der Waals surface area contributed by atoms with E-state index in [9.17, 15) is 9.90 Å². The Kier molecular flexibility index (Phi) is 4.05. The molecule has 6 nitrogen and oxygen atoms in total. The molecule has 0 aliphatic rings. The van der Waals surface area contributed by atoms with Crippen LogP contribution >= 0.6 is 0 Å². The highest BCUT2D eigenvalue weighted by atomic mass is 16.5. The third-order valence-electron chi connectivity index (χ3n) is 2.91. The summed E-state index contributed by atoms with van der Waals surface area (Å²) in [4.78, 5) is 12.0. The Morgan fingerprint density at radius 3 is 2.80 bits per heavy atom. The first-order valence-corrected chi connectivity index (χ1v) is 6.15. The van der Waals surface area contributed by atoms with Crippen molar-refractivity contribution in [1.82, 2.24) is 9.78 Å². The minimum Gasteiger partial charge on any atom is -0.497 e. The van der Waals surface area contributed by atoms with Gasteiger partial charge in [-0.1, -0.05) is 12.1 Å². The van der Waals surface area contributed by atoms with Crippen molar-refractivity contribution in [3.8, 4) is 5.75 Å². The third kappa shape index (κ3) is 2.97. The zero-order valence-electron chi connectivity index (χ0n) is 11.6. The molecule has 1 amide bonds. The molecule has 1 aromatic carbocycles. The lowest BCUT2D eigenvalue weighted by atomic mass is 10.1. The van der Waals surface area contributed by atoms with E-state index in [1.165, 1.54) is 7.11 Å². The predicted octanol–water partition coefficient (Wildman–Crippen LogP) is 1.41. The molecule has 1 atom stereocenters. The fourth-order valence-corrected chi connectivity index (χ4v) is 1.89. The second kappa shape index (κ2) is 5.75. The van der Waals surface area contributed by atoms with Crippen LogP contribution in [0, 0.1) is 6.92 Å². The van der Waals surface area contributed by atoms with E-state index in [-0.39, 0.29) is 0 Å². The molecule has 6 heteroatoms. The summed E-state index contributed by atoms with van der Waals surface area (Å²) in [5.41, 5.74) is 1.26. The van der Waals surface area contributed by atoms with Crippen LogP contribution in [0.3, 0.4) is 0 Å². The Labute approximate surface area is 117 Å². The summed E-state index contributed by atoms with van der Waals surface area (Å²) in [6.45, 7) is 1.83. The average Bonchev–Trinajstić information content (AvgIpc) is 2.76. The van der Waals surface area contributed by atoms with E-state index in [0.29, 0.717) is 17.1 Å². The SMILES string of the molecule is COc1cccc(C(O)C(=O)Nc2cc(C)nn2C)c1. The summed E-state index contributed by atoms with van der Waals surface area (Å²) in [5, 5.41) is 16.8. The predicted molar refractivity (Wildman–Crippen MR) is 74.5 cm³/mol. The Morgan fingerprint density at radius 1 is 1.45 bits per heavy atom. The number of hydrogen-bond donors (Lipinski definition) is 2. The summed E-state index contributed by atoms with van der Waals surface area (Å²) in [7, 11) is 3.25. The van der Waals surface area contributed by atoms with Crippen molar-refractivity contribution < 1.29 is 14.6 Å². The van der Waals surface area contributed by atoms with Crippen LogP contribution in [0.4, 0.5) is 5.82 Å². The van der Waals surface area contributed by atoms with Gasteiger partial charge in [0.05, 0.1) is 12.8 Å². The molecule has 0 radical (unpaired) electrons. The molecule has 0 fully saturated rings. The largest absolute Gasteiger partial charge is 0.497 e. The van der Waals surface area contributed by atoms with Gasteiger partial charge >= 0.3 is 0 Å². The van der Waals surface area contributed by atoms with Gasteiger partial charge in [0, 0.05) is 13.1 Å². The van der Waals surface area contributed by atoms with Crippen molar-refractivity contribution in [2.45, 2.75) is 13.0 Å². The number of carbonyl (C=O) groups excluding carboxylic acids is 1. The molecule has 20 heavy (non-hydrogen) atoms. The van der Waals surface area contributed by atoms with Gasteiger partial charge < -0.3 is 15.2 Å². The maximum Gasteiger partial charge on any atom is 0.258 e. The topological polar surface area (TPSA) is 76.4 Å². The fraction of sp³-hybridized carbons (Fsp3) is 0.286. The highest BCUT2D eigenvalue weighted by molar-refractivity contribution is 5.94. The Balaban J connectivity index is 2.14. The number of methoxy groups -OCH3 is 1. The lowest BCUT2D eigenvalue weighted by molar-refractivity contribution is -0.124. The summed E-state index contributed by atoms with van der Waals surface area (Å²) >= 11 is 0. The zero-order chi connectivity index (χ0) is 14.7. The minimum absolute atomic E-state index is 0.473. The second-order valence-corrected chi connectivity index (χ2v) is 4.46. The van der Waals surface area contributed by atoms with Gasteiger partial charge in [-0.15, -0.1) is 0 Å². The third-order valence-corrected chi connectivity index (χ3v) is 2.91. The Hall–Kier alpha value is -2.34. The molecule has 0 bridgehead atoms. The highest BCUT2D eigenvalue weighted by Gasteiger charge is 2.19. The van der Waals surface area contributed by atoms with Crippen molar-refractivity contribution in [3.63, 3.8) is 0 Å². The van der Waals surface area contributed by atoms with Crippen molar-refractivity contribution in [1.29, 1.82) is 0 Å². The molecule has 1 heterocycles. The Bertz CT molecular complexity index is 622. The van der Waals surface area contributed by atoms with E-state index in [1.54, 1.807) is 42.1 Å². The van der Waals surface area contributed by atoms with Crippen LogP contribution < -0.4 is 10.1 Å². The maximum absolute atomic E-state index is 12.0. The number of aliphatic hydroxyl groups excluding tert-OH is 1. The molecular weight excluding hydrogens is 258 g/mol. The second-order valence-electron chi connectivity index (χ2n) is 4.46. The van der Waals surface area contributed by atoms with E-state index in [4.69, 9.17) is 4.74 Å². The van der Waals surface area contributed by atoms with Gasteiger partial charge in [0.2, 0.25) is 0 Å². The number of nitrogens with zero attached hydrogens (tertiary/aromatic N) is 2. The van der Waals surface area contributed by atoms with Gasteiger partial charge in [0.15, 0.2) is 6.10 Å². The number of anilines is 1. The molecule has 0 spiro atoms. The smallest absolute Gasteiger partial charge is 0.258 e. The van der Waals surface area contributed by atoms with Crippen LogP contribution in [0.25, 0.3) is 0 Å². The lowest BCUT2D eigenvalue weighted by Gasteiger charge is -2.12. The van der Waals surface area contributed by atoms with Gasteiger partial charge in [-0.2, -0.15) is 5.10 Å². The van der Waals surface area contributed by atoms with Crippen molar-refractivity contribution >= 4 is 11.7 Å². The molecular formula is C14H17N3O3. The molecule has 0 saturated carbocycles. The number of ether oxygens (including phenoxy) is 1. The first-order valence-electron chi connectivity index (χ1n) is 6.15. The van der Waals surface area contributed by atoms with E-state index in [0.717, 1.165) is 5.69 Å². The summed E-state index contributed by atoms with van der Waals surface area (Å²) in [6, 6.07) is 8.49. The van der Waals surface area contributed by atoms with Gasteiger partial charge in [-0.05, 0) is 24.6 Å². The Morgan fingerprint density at radius 2 is 2.20 bits per heavy atom. The van der Waals surface area contributed by atoms with Gasteiger partial charge in [0.1, 0.15) is 11.6 Å². The van der Waals surface area contributed by atoms with Crippen LogP contribution in [0.1, 0.15) is 17.4 Å². The van der Waals surface area contributed by atoms with Crippen LogP contribution in [-0.2, 0) is 11.8 Å². The minimum atomic E-state index is -1.26. The molecule has 106 valence electrons. The zero-order valence-corrected chi connectivity index (χ0v) is 11.6. The summed E-state index contributed by atoms with van der Waals surface area (Å²) in [6.07, 6.45) is -1.26. The van der Waals surface area contributed by atoms with Crippen LogP contribution in [0.5, 0.6) is 5.75 Å². The van der Waals surface area contributed by atoms with E-state index >= 15 is 0 Å². The molecule has 1 aromatic heterocycles. The normalized spacial score (nSPS) is 12.0. The van der Waals surface area contributed by atoms with Crippen LogP contribution in [0.15, 0.2) is 30.3 Å². The average molecular weight is 275 g/mol. The number of rotatable bonds is 4. The van der Waals surface area contributed by atoms with Gasteiger partial charge in [-0.25, -0.2) is 0 Å². The number of aliphatic hydroxyl groups is 1.